The number of rotatable bonds is 12. The predicted octanol–water partition coefficient (Wildman–Crippen LogP) is 0.700. The van der Waals surface area contributed by atoms with Crippen molar-refractivity contribution in [2.24, 2.45) is 0 Å². The van der Waals surface area contributed by atoms with Gasteiger partial charge in [0.1, 0.15) is 21.9 Å². The zero-order valence-corrected chi connectivity index (χ0v) is 20.8. The van der Waals surface area contributed by atoms with Gasteiger partial charge in [-0.1, -0.05) is 18.7 Å². The van der Waals surface area contributed by atoms with E-state index < -0.39 is 5.97 Å². The van der Waals surface area contributed by atoms with Gasteiger partial charge in [0.15, 0.2) is 5.57 Å². The standard InChI is InChI=1S/C24H29N5O5S/c1-5-11-34-24(32)19(14-25)23-29(6-2)22(31)20(35-23)15-26-17-8-7-9-18(13-17)27-21(30)16-28(3)10-12-33-4/h5,7-9,13,15,26H,1,6,10-12,16H2,2-4H3,(H,27,30). The summed E-state index contributed by atoms with van der Waals surface area (Å²) in [4.78, 5) is 39.2. The Bertz CT molecular complexity index is 1270. The molecule has 0 saturated heterocycles. The van der Waals surface area contributed by atoms with E-state index in [0.29, 0.717) is 29.1 Å². The van der Waals surface area contributed by atoms with Gasteiger partial charge in [0.05, 0.1) is 13.2 Å². The number of likely N-dealkylation sites (N-methyl/N-ethyl adjacent to an activating group) is 1. The monoisotopic (exact) mass is 499 g/mol. The van der Waals surface area contributed by atoms with Crippen LogP contribution in [0.1, 0.15) is 6.92 Å². The Morgan fingerprint density at radius 3 is 2.74 bits per heavy atom. The molecule has 2 N–H and O–H groups in total. The van der Waals surface area contributed by atoms with E-state index >= 15 is 0 Å². The van der Waals surface area contributed by atoms with Crippen LogP contribution in [0.25, 0.3) is 11.8 Å². The highest BCUT2D eigenvalue weighted by Crippen LogP contribution is 2.15. The number of hydrogen-bond acceptors (Lipinski definition) is 9. The van der Waals surface area contributed by atoms with Crippen molar-refractivity contribution in [2.45, 2.75) is 13.5 Å². The van der Waals surface area contributed by atoms with Crippen molar-refractivity contribution >= 4 is 46.4 Å². The first kappa shape index (κ1) is 27.5. The van der Waals surface area contributed by atoms with Crippen molar-refractivity contribution < 1.29 is 19.1 Å². The number of nitrogens with one attached hydrogen (secondary N) is 2. The second-order valence-electron chi connectivity index (χ2n) is 7.34. The SMILES string of the molecule is C=CCOC(=O)C(C#N)=c1sc(=CNc2cccc(NC(=O)CN(C)CCOC)c2)c(=O)n1CC. The summed E-state index contributed by atoms with van der Waals surface area (Å²) in [5.74, 6) is -0.979. The molecule has 0 aliphatic rings. The molecule has 0 unspecified atom stereocenters. The average Bonchev–Trinajstić information content (AvgIpc) is 3.15. The van der Waals surface area contributed by atoms with Crippen LogP contribution in [0.15, 0.2) is 41.7 Å². The molecule has 0 fully saturated rings. The molecule has 0 aliphatic heterocycles. The lowest BCUT2D eigenvalue weighted by atomic mass is 10.2. The molecular weight excluding hydrogens is 470 g/mol. The highest BCUT2D eigenvalue weighted by atomic mass is 32.1. The Hall–Kier alpha value is -3.72. The van der Waals surface area contributed by atoms with Crippen molar-refractivity contribution in [3.05, 3.63) is 56.5 Å². The zero-order valence-electron chi connectivity index (χ0n) is 20.0. The van der Waals surface area contributed by atoms with Crippen molar-refractivity contribution in [3.63, 3.8) is 0 Å². The van der Waals surface area contributed by atoms with E-state index in [1.54, 1.807) is 38.3 Å². The number of nitriles is 1. The first-order chi connectivity index (χ1) is 16.8. The van der Waals surface area contributed by atoms with Crippen LogP contribution in [-0.2, 0) is 25.6 Å². The molecule has 0 aliphatic carbocycles. The number of amides is 1. The molecule has 1 heterocycles. The van der Waals surface area contributed by atoms with E-state index in [-0.39, 0.29) is 41.4 Å². The van der Waals surface area contributed by atoms with Gasteiger partial charge < -0.3 is 20.1 Å². The summed E-state index contributed by atoms with van der Waals surface area (Å²) < 4.78 is 11.9. The lowest BCUT2D eigenvalue weighted by Gasteiger charge is -2.15. The molecule has 1 aromatic heterocycles. The molecule has 10 nitrogen and oxygen atoms in total. The first-order valence-electron chi connectivity index (χ1n) is 10.8. The minimum atomic E-state index is -0.813. The molecule has 0 spiro atoms. The molecule has 0 bridgehead atoms. The van der Waals surface area contributed by atoms with Crippen LogP contribution < -0.4 is 25.4 Å². The Kier molecular flexibility index (Phi) is 10.9. The third kappa shape index (κ3) is 7.92. The summed E-state index contributed by atoms with van der Waals surface area (Å²) in [5.41, 5.74) is 0.655. The van der Waals surface area contributed by atoms with E-state index in [2.05, 4.69) is 17.2 Å². The first-order valence-corrected chi connectivity index (χ1v) is 11.6. The topological polar surface area (TPSA) is 126 Å². The number of esters is 1. The molecule has 2 aromatic rings. The average molecular weight is 500 g/mol. The fourth-order valence-corrected chi connectivity index (χ4v) is 4.06. The van der Waals surface area contributed by atoms with E-state index in [0.717, 1.165) is 11.3 Å². The summed E-state index contributed by atoms with van der Waals surface area (Å²) in [6.07, 6.45) is 2.90. The van der Waals surface area contributed by atoms with Crippen LogP contribution in [0, 0.1) is 11.3 Å². The lowest BCUT2D eigenvalue weighted by Crippen LogP contribution is -2.32. The van der Waals surface area contributed by atoms with Gasteiger partial charge in [-0.25, -0.2) is 4.79 Å². The number of carbonyl (C=O) groups is 2. The van der Waals surface area contributed by atoms with Gasteiger partial charge in [-0.2, -0.15) is 5.26 Å². The summed E-state index contributed by atoms with van der Waals surface area (Å²) in [6.45, 7) is 6.85. The number of hydrogen-bond donors (Lipinski definition) is 2. The Balaban J connectivity index is 2.26. The fourth-order valence-electron chi connectivity index (χ4n) is 2.99. The minimum Gasteiger partial charge on any atom is -0.457 e. The molecule has 0 saturated carbocycles. The number of carbonyl (C=O) groups excluding carboxylic acids is 2. The summed E-state index contributed by atoms with van der Waals surface area (Å²) in [5, 5.41) is 15.4. The second kappa shape index (κ2) is 13.9. The predicted molar refractivity (Wildman–Crippen MR) is 136 cm³/mol. The molecule has 186 valence electrons. The lowest BCUT2D eigenvalue weighted by molar-refractivity contribution is -0.135. The maximum Gasteiger partial charge on any atom is 0.352 e. The molecule has 2 rings (SSSR count). The highest BCUT2D eigenvalue weighted by molar-refractivity contribution is 7.07. The third-order valence-corrected chi connectivity index (χ3v) is 5.82. The van der Waals surface area contributed by atoms with E-state index in [4.69, 9.17) is 9.47 Å². The van der Waals surface area contributed by atoms with E-state index in [1.165, 1.54) is 16.8 Å². The van der Waals surface area contributed by atoms with Crippen molar-refractivity contribution in [3.8, 4) is 6.07 Å². The maximum atomic E-state index is 12.8. The molecule has 0 radical (unpaired) electrons. The normalized spacial score (nSPS) is 12.1. The number of methoxy groups -OCH3 is 1. The largest absolute Gasteiger partial charge is 0.457 e. The number of ether oxygens (including phenoxy) is 2. The third-order valence-electron chi connectivity index (χ3n) is 4.69. The van der Waals surface area contributed by atoms with Crippen LogP contribution >= 0.6 is 11.3 Å². The van der Waals surface area contributed by atoms with Crippen LogP contribution in [-0.4, -0.2) is 61.8 Å². The smallest absolute Gasteiger partial charge is 0.352 e. The van der Waals surface area contributed by atoms with Crippen LogP contribution in [0.2, 0.25) is 0 Å². The van der Waals surface area contributed by atoms with E-state index in [1.807, 2.05) is 18.0 Å². The Morgan fingerprint density at radius 2 is 2.09 bits per heavy atom. The second-order valence-corrected chi connectivity index (χ2v) is 8.37. The fraction of sp³-hybridized carbons (Fsp3) is 0.333. The summed E-state index contributed by atoms with van der Waals surface area (Å²) >= 11 is 1.01. The molecule has 0 atom stereocenters. The molecule has 11 heteroatoms. The van der Waals surface area contributed by atoms with Gasteiger partial charge in [0.2, 0.25) is 5.91 Å². The number of aromatic nitrogens is 1. The van der Waals surface area contributed by atoms with Crippen molar-refractivity contribution in [1.29, 1.82) is 5.26 Å². The van der Waals surface area contributed by atoms with E-state index in [9.17, 15) is 19.6 Å². The van der Waals surface area contributed by atoms with Gasteiger partial charge in [0, 0.05) is 37.8 Å². The van der Waals surface area contributed by atoms with Gasteiger partial charge in [-0.05, 0) is 32.2 Å². The summed E-state index contributed by atoms with van der Waals surface area (Å²) in [7, 11) is 3.44. The number of nitrogens with zero attached hydrogens (tertiary/aromatic N) is 3. The molecule has 1 amide bonds. The van der Waals surface area contributed by atoms with Crippen molar-refractivity contribution in [1.82, 2.24) is 9.47 Å². The van der Waals surface area contributed by atoms with Gasteiger partial charge in [-0.3, -0.25) is 19.1 Å². The van der Waals surface area contributed by atoms with Crippen LogP contribution in [0.4, 0.5) is 11.4 Å². The van der Waals surface area contributed by atoms with Gasteiger partial charge >= 0.3 is 5.97 Å². The number of thiazole rings is 1. The van der Waals surface area contributed by atoms with Crippen LogP contribution in [0.3, 0.4) is 0 Å². The quantitative estimate of drug-likeness (QED) is 0.323. The number of anilines is 2. The molecular formula is C24H29N5O5S. The van der Waals surface area contributed by atoms with Gasteiger partial charge in [0.25, 0.3) is 5.56 Å². The highest BCUT2D eigenvalue weighted by Gasteiger charge is 2.16. The summed E-state index contributed by atoms with van der Waals surface area (Å²) in [6, 6.07) is 8.88. The Morgan fingerprint density at radius 1 is 1.34 bits per heavy atom. The molecule has 35 heavy (non-hydrogen) atoms. The number of benzene rings is 1. The van der Waals surface area contributed by atoms with Crippen LogP contribution in [0.5, 0.6) is 0 Å². The van der Waals surface area contributed by atoms with Gasteiger partial charge in [-0.15, -0.1) is 11.3 Å². The minimum absolute atomic E-state index is 0.0391. The Labute approximate surface area is 207 Å². The van der Waals surface area contributed by atoms with Crippen molar-refractivity contribution in [2.75, 3.05) is 51.1 Å². The molecule has 1 aromatic carbocycles. The zero-order chi connectivity index (χ0) is 25.8. The maximum absolute atomic E-state index is 12.8.